The van der Waals surface area contributed by atoms with Gasteiger partial charge in [-0.3, -0.25) is 9.71 Å². The number of anilines is 2. The van der Waals surface area contributed by atoms with Gasteiger partial charge in [-0.2, -0.15) is 0 Å². The van der Waals surface area contributed by atoms with E-state index in [9.17, 15) is 17.6 Å². The number of aromatic nitrogens is 1. The van der Waals surface area contributed by atoms with Gasteiger partial charge >= 0.3 is 6.03 Å². The van der Waals surface area contributed by atoms with Crippen molar-refractivity contribution in [2.45, 2.75) is 50.6 Å². The lowest BCUT2D eigenvalue weighted by atomic mass is 9.87. The minimum absolute atomic E-state index is 0.0106. The van der Waals surface area contributed by atoms with Crippen LogP contribution in [0.2, 0.25) is 0 Å². The molecule has 0 aliphatic carbocycles. The molecular formula is C32H33FN4O4S. The molecule has 4 aromatic rings. The molecule has 0 bridgehead atoms. The topological polar surface area (TPSA) is 101 Å². The zero-order valence-electron chi connectivity index (χ0n) is 23.7. The second-order valence-corrected chi connectivity index (χ2v) is 12.9. The first kappa shape index (κ1) is 29.1. The van der Waals surface area contributed by atoms with Crippen LogP contribution in [0.5, 0.6) is 5.75 Å². The number of sulfonamides is 1. The average molecular weight is 589 g/mol. The molecule has 3 aromatic carbocycles. The van der Waals surface area contributed by atoms with E-state index in [0.717, 1.165) is 28.3 Å². The highest BCUT2D eigenvalue weighted by molar-refractivity contribution is 7.92. The molecule has 1 aliphatic rings. The van der Waals surface area contributed by atoms with E-state index in [4.69, 9.17) is 4.74 Å². The van der Waals surface area contributed by atoms with Crippen molar-refractivity contribution >= 4 is 27.4 Å². The summed E-state index contributed by atoms with van der Waals surface area (Å²) >= 11 is 0. The zero-order valence-corrected chi connectivity index (χ0v) is 24.5. The molecule has 2 heterocycles. The molecule has 8 nitrogen and oxygen atoms in total. The predicted molar refractivity (Wildman–Crippen MR) is 160 cm³/mol. The fraction of sp³-hybridized carbons (Fsp3) is 0.250. The molecule has 0 unspecified atom stereocenters. The molecule has 0 saturated carbocycles. The normalized spacial score (nSPS) is 13.0. The maximum atomic E-state index is 14.8. The Morgan fingerprint density at radius 3 is 2.36 bits per heavy atom. The Kier molecular flexibility index (Phi) is 8.17. The summed E-state index contributed by atoms with van der Waals surface area (Å²) in [5.41, 5.74) is 4.29. The molecule has 10 heteroatoms. The van der Waals surface area contributed by atoms with Crippen molar-refractivity contribution in [3.8, 4) is 5.75 Å². The summed E-state index contributed by atoms with van der Waals surface area (Å²) in [7, 11) is -4.08. The molecule has 0 fully saturated rings. The molecule has 218 valence electrons. The first-order chi connectivity index (χ1) is 20.0. The van der Waals surface area contributed by atoms with Crippen LogP contribution in [-0.2, 0) is 34.9 Å². The number of nitrogens with zero attached hydrogens (tertiary/aromatic N) is 2. The Morgan fingerprint density at radius 2 is 1.67 bits per heavy atom. The summed E-state index contributed by atoms with van der Waals surface area (Å²) in [4.78, 5) is 18.5. The van der Waals surface area contributed by atoms with E-state index in [-0.39, 0.29) is 28.6 Å². The molecule has 2 N–H and O–H groups in total. The number of carbonyl (C=O) groups is 1. The molecular weight excluding hydrogens is 555 g/mol. The van der Waals surface area contributed by atoms with Crippen LogP contribution in [0.15, 0.2) is 90.1 Å². The van der Waals surface area contributed by atoms with Crippen molar-refractivity contribution < 1.29 is 22.3 Å². The number of halogens is 1. The molecule has 1 aromatic heterocycles. The predicted octanol–water partition coefficient (Wildman–Crippen LogP) is 6.49. The van der Waals surface area contributed by atoms with Gasteiger partial charge in [0.1, 0.15) is 5.75 Å². The lowest BCUT2D eigenvalue weighted by Gasteiger charge is -2.20. The van der Waals surface area contributed by atoms with E-state index in [1.54, 1.807) is 23.4 Å². The van der Waals surface area contributed by atoms with Crippen molar-refractivity contribution in [1.82, 2.24) is 9.88 Å². The summed E-state index contributed by atoms with van der Waals surface area (Å²) in [6.07, 6.45) is 4.01. The van der Waals surface area contributed by atoms with Crippen LogP contribution in [0, 0.1) is 5.82 Å². The van der Waals surface area contributed by atoms with Crippen molar-refractivity contribution in [3.05, 3.63) is 113 Å². The molecule has 0 atom stereocenters. The summed E-state index contributed by atoms with van der Waals surface area (Å²) in [5.74, 6) is -0.454. The number of fused-ring (bicyclic) bond motifs is 1. The van der Waals surface area contributed by atoms with E-state index >= 15 is 0 Å². The Bertz CT molecular complexity index is 1690. The lowest BCUT2D eigenvalue weighted by molar-refractivity contribution is 0.212. The number of pyridine rings is 1. The van der Waals surface area contributed by atoms with E-state index in [1.807, 2.05) is 36.4 Å². The fourth-order valence-corrected chi connectivity index (χ4v) is 5.76. The van der Waals surface area contributed by atoms with Crippen LogP contribution in [0.3, 0.4) is 0 Å². The van der Waals surface area contributed by atoms with Gasteiger partial charge in [-0.15, -0.1) is 0 Å². The Hall–Kier alpha value is -4.44. The number of amides is 2. The first-order valence-electron chi connectivity index (χ1n) is 13.6. The highest BCUT2D eigenvalue weighted by atomic mass is 32.2. The number of hydrogen-bond acceptors (Lipinski definition) is 5. The van der Waals surface area contributed by atoms with Gasteiger partial charge in [-0.05, 0) is 76.2 Å². The van der Waals surface area contributed by atoms with Gasteiger partial charge in [-0.25, -0.2) is 17.6 Å². The molecule has 5 rings (SSSR count). The Balaban J connectivity index is 1.19. The van der Waals surface area contributed by atoms with Gasteiger partial charge in [0.25, 0.3) is 10.0 Å². The summed E-state index contributed by atoms with van der Waals surface area (Å²) < 4.78 is 49.0. The summed E-state index contributed by atoms with van der Waals surface area (Å²) in [6, 6.07) is 19.9. The van der Waals surface area contributed by atoms with E-state index in [2.05, 4.69) is 35.8 Å². The van der Waals surface area contributed by atoms with Gasteiger partial charge in [0.15, 0.2) is 5.82 Å². The quantitative estimate of drug-likeness (QED) is 0.245. The SMILES string of the molecule is CC(C)(C)c1ccc(NC(=O)N2Cc3ccc(S(=O)(=O)Nc4ccc(OCCc5ccncc5)cc4F)cc3C2)cc1. The number of hydrogen-bond donors (Lipinski definition) is 2. The maximum Gasteiger partial charge on any atom is 0.322 e. The van der Waals surface area contributed by atoms with E-state index in [0.29, 0.717) is 31.0 Å². The van der Waals surface area contributed by atoms with Gasteiger partial charge in [0.05, 0.1) is 17.2 Å². The van der Waals surface area contributed by atoms with Crippen LogP contribution < -0.4 is 14.8 Å². The largest absolute Gasteiger partial charge is 0.493 e. The monoisotopic (exact) mass is 588 g/mol. The number of urea groups is 1. The second-order valence-electron chi connectivity index (χ2n) is 11.2. The van der Waals surface area contributed by atoms with Gasteiger partial charge in [-0.1, -0.05) is 39.0 Å². The number of benzene rings is 3. The minimum Gasteiger partial charge on any atom is -0.493 e. The molecule has 0 radical (unpaired) electrons. The van der Waals surface area contributed by atoms with Crippen LogP contribution in [0.25, 0.3) is 0 Å². The highest BCUT2D eigenvalue weighted by Crippen LogP contribution is 2.29. The standard InChI is InChI=1S/C32H33FN4O4S/c1-32(2,3)25-5-7-26(8-6-25)35-31(38)37-20-23-4-10-28(18-24(23)21-37)42(39,40)36-30-11-9-27(19-29(30)33)41-17-14-22-12-15-34-16-13-22/h4-13,15-16,18-19,36H,14,17,20-21H2,1-3H3,(H,35,38). The minimum atomic E-state index is -4.08. The van der Waals surface area contributed by atoms with Crippen molar-refractivity contribution in [2.75, 3.05) is 16.6 Å². The maximum absolute atomic E-state index is 14.8. The highest BCUT2D eigenvalue weighted by Gasteiger charge is 2.26. The average Bonchev–Trinajstić information content (AvgIpc) is 3.39. The zero-order chi connectivity index (χ0) is 29.9. The summed E-state index contributed by atoms with van der Waals surface area (Å²) in [5, 5.41) is 2.91. The third kappa shape index (κ3) is 6.88. The van der Waals surface area contributed by atoms with Crippen molar-refractivity contribution in [3.63, 3.8) is 0 Å². The number of rotatable bonds is 8. The van der Waals surface area contributed by atoms with Crippen LogP contribution in [0.1, 0.15) is 43.0 Å². The van der Waals surface area contributed by atoms with Gasteiger partial charge in [0.2, 0.25) is 0 Å². The molecule has 0 spiro atoms. The Morgan fingerprint density at radius 1 is 0.952 bits per heavy atom. The van der Waals surface area contributed by atoms with Crippen LogP contribution in [-0.4, -0.2) is 30.9 Å². The smallest absolute Gasteiger partial charge is 0.322 e. The lowest BCUT2D eigenvalue weighted by Crippen LogP contribution is -2.30. The molecule has 42 heavy (non-hydrogen) atoms. The third-order valence-corrected chi connectivity index (χ3v) is 8.46. The van der Waals surface area contributed by atoms with E-state index in [1.165, 1.54) is 24.3 Å². The number of nitrogens with one attached hydrogen (secondary N) is 2. The fourth-order valence-electron chi connectivity index (χ4n) is 4.65. The number of ether oxygens (including phenoxy) is 1. The Labute approximate surface area is 245 Å². The first-order valence-corrected chi connectivity index (χ1v) is 15.1. The van der Waals surface area contributed by atoms with Gasteiger partial charge < -0.3 is 15.0 Å². The second kappa shape index (κ2) is 11.8. The number of carbonyl (C=O) groups excluding carboxylic acids is 1. The van der Waals surface area contributed by atoms with Crippen LogP contribution in [0.4, 0.5) is 20.6 Å². The molecule has 0 saturated heterocycles. The summed E-state index contributed by atoms with van der Waals surface area (Å²) in [6.45, 7) is 7.32. The van der Waals surface area contributed by atoms with Crippen LogP contribution >= 0.6 is 0 Å². The molecule has 2 amide bonds. The van der Waals surface area contributed by atoms with E-state index < -0.39 is 15.8 Å². The van der Waals surface area contributed by atoms with Gasteiger partial charge in [0, 0.05) is 43.7 Å². The van der Waals surface area contributed by atoms with Crippen molar-refractivity contribution in [1.29, 1.82) is 0 Å². The van der Waals surface area contributed by atoms with Crippen molar-refractivity contribution in [2.24, 2.45) is 0 Å². The molecule has 1 aliphatic heterocycles. The third-order valence-electron chi connectivity index (χ3n) is 7.09.